The number of aliphatic hydroxyl groups excluding tert-OH is 1. The summed E-state index contributed by atoms with van der Waals surface area (Å²) in [5, 5.41) is 14.7. The lowest BCUT2D eigenvalue weighted by atomic mass is 9.63. The Morgan fingerprint density at radius 1 is 1.18 bits per heavy atom. The molecule has 1 aromatic carbocycles. The number of primary amides is 1. The minimum atomic E-state index is -4.53. The molecule has 2 amide bonds. The Morgan fingerprint density at radius 3 is 2.38 bits per heavy atom. The lowest BCUT2D eigenvalue weighted by Crippen LogP contribution is -2.52. The van der Waals surface area contributed by atoms with Crippen molar-refractivity contribution in [3.8, 4) is 0 Å². The predicted octanol–water partition coefficient (Wildman–Crippen LogP) is 5.26. The first-order valence-electron chi connectivity index (χ1n) is 14.3. The molecular weight excluding hydrogens is 519 g/mol. The highest BCUT2D eigenvalue weighted by Crippen LogP contribution is 2.44. The van der Waals surface area contributed by atoms with Crippen molar-refractivity contribution in [1.29, 1.82) is 0 Å². The first-order valence-corrected chi connectivity index (χ1v) is 14.3. The molecule has 0 spiro atoms. The smallest absolute Gasteiger partial charge is 0.391 e. The van der Waals surface area contributed by atoms with E-state index >= 15 is 0 Å². The van der Waals surface area contributed by atoms with Gasteiger partial charge in [0.25, 0.3) is 0 Å². The summed E-state index contributed by atoms with van der Waals surface area (Å²) in [5.41, 5.74) is 5.17. The number of carbonyl (C=O) groups excluding carboxylic acids is 2. The van der Waals surface area contributed by atoms with Crippen molar-refractivity contribution >= 4 is 11.8 Å². The fourth-order valence-electron chi connectivity index (χ4n) is 5.49. The van der Waals surface area contributed by atoms with E-state index in [4.69, 9.17) is 5.73 Å². The maximum absolute atomic E-state index is 13.6. The lowest BCUT2D eigenvalue weighted by molar-refractivity contribution is -0.138. The molecule has 0 saturated carbocycles. The van der Waals surface area contributed by atoms with Crippen LogP contribution in [0.5, 0.6) is 0 Å². The van der Waals surface area contributed by atoms with Gasteiger partial charge in [-0.3, -0.25) is 9.59 Å². The Morgan fingerprint density at radius 2 is 1.82 bits per heavy atom. The van der Waals surface area contributed by atoms with E-state index in [2.05, 4.69) is 19.2 Å². The lowest BCUT2D eigenvalue weighted by Gasteiger charge is -2.42. The Balaban J connectivity index is 2.54. The molecule has 1 unspecified atom stereocenters. The number of rotatable bonds is 15. The topological polar surface area (TPSA) is 95.7 Å². The second-order valence-corrected chi connectivity index (χ2v) is 11.4. The third-order valence-corrected chi connectivity index (χ3v) is 7.47. The molecule has 1 aromatic rings. The number of aliphatic hydroxyl groups is 1. The van der Waals surface area contributed by atoms with Crippen LogP contribution in [0.15, 0.2) is 47.6 Å². The van der Waals surface area contributed by atoms with Gasteiger partial charge in [0.15, 0.2) is 0 Å². The molecule has 4 N–H and O–H groups in total. The number of amides is 2. The number of hydrogen-bond donors (Lipinski definition) is 3. The van der Waals surface area contributed by atoms with Crippen LogP contribution in [0.3, 0.4) is 0 Å². The van der Waals surface area contributed by atoms with Crippen molar-refractivity contribution in [2.24, 2.45) is 23.0 Å². The standard InChI is InChI=1S/C31H46F3N3O3/c1-6-13-37(14-7-2)28(39)24-15-22(5)18-30(19-24,29(35)40)26(27(38)20-36-12-11-21(3)4)17-23-9-8-10-25(16-23)31(32,33)34/h8-10,15-16,18,21,26-27,36,38H,6-7,11-14,17,19-20H2,1-5H3,(H2,35,40)/t26-,27+,30?/m1/s1. The molecule has 0 saturated heterocycles. The number of benzene rings is 1. The fraction of sp³-hybridized carbons (Fsp3) is 0.613. The average Bonchev–Trinajstić information content (AvgIpc) is 2.88. The summed E-state index contributed by atoms with van der Waals surface area (Å²) in [7, 11) is 0. The Kier molecular flexibility index (Phi) is 12.4. The number of nitrogens with one attached hydrogen (secondary N) is 1. The molecule has 0 heterocycles. The van der Waals surface area contributed by atoms with E-state index in [0.717, 1.165) is 31.4 Å². The van der Waals surface area contributed by atoms with E-state index in [1.165, 1.54) is 6.07 Å². The van der Waals surface area contributed by atoms with Crippen LogP contribution in [-0.4, -0.2) is 54.1 Å². The van der Waals surface area contributed by atoms with Gasteiger partial charge in [-0.25, -0.2) is 0 Å². The molecule has 40 heavy (non-hydrogen) atoms. The van der Waals surface area contributed by atoms with E-state index in [0.29, 0.717) is 42.3 Å². The Hall–Kier alpha value is -2.65. The highest BCUT2D eigenvalue weighted by molar-refractivity contribution is 5.96. The first-order chi connectivity index (χ1) is 18.7. The van der Waals surface area contributed by atoms with Gasteiger partial charge in [0, 0.05) is 31.1 Å². The summed E-state index contributed by atoms with van der Waals surface area (Å²) >= 11 is 0. The summed E-state index contributed by atoms with van der Waals surface area (Å²) in [6.45, 7) is 11.8. The second kappa shape index (κ2) is 14.8. The van der Waals surface area contributed by atoms with Crippen LogP contribution in [0.4, 0.5) is 13.2 Å². The summed E-state index contributed by atoms with van der Waals surface area (Å²) in [6, 6.07) is 4.92. The summed E-state index contributed by atoms with van der Waals surface area (Å²) in [4.78, 5) is 28.7. The van der Waals surface area contributed by atoms with Crippen LogP contribution in [-0.2, 0) is 22.2 Å². The van der Waals surface area contributed by atoms with Crippen LogP contribution < -0.4 is 11.1 Å². The first kappa shape index (κ1) is 33.6. The van der Waals surface area contributed by atoms with Crippen LogP contribution in [0, 0.1) is 17.3 Å². The van der Waals surface area contributed by atoms with Crippen molar-refractivity contribution in [2.45, 2.75) is 79.0 Å². The molecule has 0 fully saturated rings. The Labute approximate surface area is 236 Å². The Bertz CT molecular complexity index is 1060. The second-order valence-electron chi connectivity index (χ2n) is 11.4. The molecule has 2 rings (SSSR count). The number of nitrogens with two attached hydrogens (primary N) is 1. The molecule has 0 radical (unpaired) electrons. The van der Waals surface area contributed by atoms with Crippen LogP contribution in [0.25, 0.3) is 0 Å². The molecule has 3 atom stereocenters. The number of nitrogens with zero attached hydrogens (tertiary/aromatic N) is 1. The van der Waals surface area contributed by atoms with Gasteiger partial charge in [-0.2, -0.15) is 13.2 Å². The van der Waals surface area contributed by atoms with Crippen molar-refractivity contribution in [1.82, 2.24) is 10.2 Å². The van der Waals surface area contributed by atoms with E-state index in [-0.39, 0.29) is 25.3 Å². The maximum Gasteiger partial charge on any atom is 0.416 e. The summed E-state index contributed by atoms with van der Waals surface area (Å²) in [6.07, 6.45) is 0.138. The zero-order valence-corrected chi connectivity index (χ0v) is 24.5. The summed E-state index contributed by atoms with van der Waals surface area (Å²) in [5.74, 6) is -1.35. The minimum Gasteiger partial charge on any atom is -0.391 e. The molecule has 1 aliphatic carbocycles. The number of allylic oxidation sites excluding steroid dienone is 2. The monoisotopic (exact) mass is 565 g/mol. The molecule has 1 aliphatic rings. The quantitative estimate of drug-likeness (QED) is 0.253. The predicted molar refractivity (Wildman–Crippen MR) is 152 cm³/mol. The SMILES string of the molecule is CCCN(CCC)C(=O)C1=CC(C)=CC(C(N)=O)([C@H](Cc2cccc(C(F)(F)F)c2)[C@@H](O)CNCCC(C)C)C1. The molecular formula is C31H46F3N3O3. The summed E-state index contributed by atoms with van der Waals surface area (Å²) < 4.78 is 40.5. The third-order valence-electron chi connectivity index (χ3n) is 7.47. The highest BCUT2D eigenvalue weighted by Gasteiger charge is 2.48. The van der Waals surface area contributed by atoms with Crippen molar-refractivity contribution in [2.75, 3.05) is 26.2 Å². The zero-order valence-electron chi connectivity index (χ0n) is 24.5. The molecule has 0 bridgehead atoms. The van der Waals surface area contributed by atoms with Gasteiger partial charge in [0.2, 0.25) is 11.8 Å². The van der Waals surface area contributed by atoms with Gasteiger partial charge in [-0.15, -0.1) is 0 Å². The average molecular weight is 566 g/mol. The molecule has 224 valence electrons. The van der Waals surface area contributed by atoms with Crippen molar-refractivity contribution < 1.29 is 27.9 Å². The van der Waals surface area contributed by atoms with Gasteiger partial charge in [0.1, 0.15) is 0 Å². The minimum absolute atomic E-state index is 0.0290. The van der Waals surface area contributed by atoms with Gasteiger partial charge in [-0.05, 0) is 63.1 Å². The molecule has 6 nitrogen and oxygen atoms in total. The van der Waals surface area contributed by atoms with Crippen LogP contribution >= 0.6 is 0 Å². The third kappa shape index (κ3) is 8.93. The van der Waals surface area contributed by atoms with E-state index in [9.17, 15) is 27.9 Å². The van der Waals surface area contributed by atoms with Gasteiger partial charge >= 0.3 is 6.18 Å². The normalized spacial score (nSPS) is 19.1. The highest BCUT2D eigenvalue weighted by atomic mass is 19.4. The van der Waals surface area contributed by atoms with Crippen LogP contribution in [0.1, 0.15) is 71.4 Å². The zero-order chi connectivity index (χ0) is 30.1. The molecule has 9 heteroatoms. The van der Waals surface area contributed by atoms with Gasteiger partial charge in [-0.1, -0.05) is 63.6 Å². The number of carbonyl (C=O) groups is 2. The molecule has 0 aliphatic heterocycles. The van der Waals surface area contributed by atoms with Crippen molar-refractivity contribution in [3.63, 3.8) is 0 Å². The fourth-order valence-corrected chi connectivity index (χ4v) is 5.49. The van der Waals surface area contributed by atoms with Gasteiger partial charge in [0.05, 0.1) is 17.1 Å². The van der Waals surface area contributed by atoms with Crippen molar-refractivity contribution in [3.05, 3.63) is 58.7 Å². The number of alkyl halides is 3. The number of hydrogen-bond acceptors (Lipinski definition) is 4. The number of halogens is 3. The van der Waals surface area contributed by atoms with Crippen LogP contribution in [0.2, 0.25) is 0 Å². The van der Waals surface area contributed by atoms with E-state index in [1.807, 2.05) is 13.8 Å². The molecule has 0 aromatic heterocycles. The van der Waals surface area contributed by atoms with E-state index in [1.54, 1.807) is 30.0 Å². The van der Waals surface area contributed by atoms with Gasteiger partial charge < -0.3 is 21.1 Å². The maximum atomic E-state index is 13.6. The van der Waals surface area contributed by atoms with E-state index < -0.39 is 35.1 Å². The largest absolute Gasteiger partial charge is 0.416 e.